The fourth-order valence-electron chi connectivity index (χ4n) is 2.02. The minimum Gasteiger partial charge on any atom is -0.380 e. The van der Waals surface area contributed by atoms with Crippen LogP contribution in [0.15, 0.2) is 5.16 Å². The molecule has 0 spiro atoms. The quantitative estimate of drug-likeness (QED) is 0.876. The van der Waals surface area contributed by atoms with Gasteiger partial charge < -0.3 is 14.6 Å². The molecule has 1 saturated heterocycles. The van der Waals surface area contributed by atoms with Crippen molar-refractivity contribution >= 4 is 11.8 Å². The second-order valence-corrected chi connectivity index (χ2v) is 5.88. The number of rotatable bonds is 5. The Morgan fingerprint density at radius 1 is 1.50 bits per heavy atom. The Morgan fingerprint density at radius 3 is 3.00 bits per heavy atom. The van der Waals surface area contributed by atoms with Gasteiger partial charge in [0.15, 0.2) is 5.16 Å². The monoisotopic (exact) mass is 270 g/mol. The van der Waals surface area contributed by atoms with Gasteiger partial charge in [0.25, 0.3) is 0 Å². The van der Waals surface area contributed by atoms with E-state index >= 15 is 0 Å². The number of hydrogen-bond donors (Lipinski definition) is 1. The van der Waals surface area contributed by atoms with Crippen molar-refractivity contribution in [2.45, 2.75) is 43.1 Å². The highest BCUT2D eigenvalue weighted by Gasteiger charge is 2.27. The van der Waals surface area contributed by atoms with Crippen LogP contribution in [0.1, 0.15) is 25.6 Å². The second-order valence-electron chi connectivity index (χ2n) is 4.67. The molecule has 6 heteroatoms. The van der Waals surface area contributed by atoms with Crippen LogP contribution in [0.3, 0.4) is 0 Å². The predicted molar refractivity (Wildman–Crippen MR) is 72.9 cm³/mol. The highest BCUT2D eigenvalue weighted by Crippen LogP contribution is 2.27. The van der Waals surface area contributed by atoms with Crippen molar-refractivity contribution in [2.24, 2.45) is 7.05 Å². The van der Waals surface area contributed by atoms with Crippen LogP contribution in [0.5, 0.6) is 0 Å². The molecule has 1 aromatic heterocycles. The van der Waals surface area contributed by atoms with E-state index in [0.29, 0.717) is 11.3 Å². The van der Waals surface area contributed by atoms with Crippen LogP contribution in [-0.2, 0) is 11.8 Å². The molecule has 102 valence electrons. The Hall–Kier alpha value is -0.590. The summed E-state index contributed by atoms with van der Waals surface area (Å²) in [6, 6.07) is 0.515. The topological polar surface area (TPSA) is 52.0 Å². The molecular weight excluding hydrogens is 248 g/mol. The fraction of sp³-hybridized carbons (Fsp3) is 0.833. The zero-order valence-corrected chi connectivity index (χ0v) is 12.2. The first-order valence-electron chi connectivity index (χ1n) is 6.56. The van der Waals surface area contributed by atoms with Crippen LogP contribution >= 0.6 is 11.8 Å². The lowest BCUT2D eigenvalue weighted by atomic mass is 10.1. The maximum atomic E-state index is 5.59. The summed E-state index contributed by atoms with van der Waals surface area (Å²) in [6.45, 7) is 6.88. The molecule has 1 fully saturated rings. The number of nitrogens with one attached hydrogen (secondary N) is 1. The molecule has 18 heavy (non-hydrogen) atoms. The van der Waals surface area contributed by atoms with Crippen LogP contribution in [-0.4, -0.2) is 45.8 Å². The van der Waals surface area contributed by atoms with Gasteiger partial charge in [0.05, 0.1) is 11.9 Å². The lowest BCUT2D eigenvalue weighted by Crippen LogP contribution is -2.45. The van der Waals surface area contributed by atoms with Crippen molar-refractivity contribution in [1.82, 2.24) is 20.1 Å². The number of ether oxygens (including phenoxy) is 1. The third-order valence-electron chi connectivity index (χ3n) is 3.27. The smallest absolute Gasteiger partial charge is 0.191 e. The van der Waals surface area contributed by atoms with Gasteiger partial charge in [0.1, 0.15) is 5.82 Å². The van der Waals surface area contributed by atoms with Gasteiger partial charge in [-0.25, -0.2) is 0 Å². The van der Waals surface area contributed by atoms with Crippen molar-refractivity contribution in [3.63, 3.8) is 0 Å². The normalized spacial score (nSPS) is 24.4. The Morgan fingerprint density at radius 2 is 2.33 bits per heavy atom. The fourth-order valence-corrected chi connectivity index (χ4v) is 3.23. The molecule has 1 N–H and O–H groups in total. The molecule has 1 aliphatic rings. The van der Waals surface area contributed by atoms with Gasteiger partial charge in [0.2, 0.25) is 0 Å². The van der Waals surface area contributed by atoms with Crippen molar-refractivity contribution in [2.75, 3.05) is 19.8 Å². The second kappa shape index (κ2) is 6.54. The number of thioether (sulfide) groups is 1. The average Bonchev–Trinajstić information content (AvgIpc) is 2.70. The van der Waals surface area contributed by atoms with E-state index in [1.807, 2.05) is 18.5 Å². The van der Waals surface area contributed by atoms with E-state index in [0.717, 1.165) is 43.6 Å². The van der Waals surface area contributed by atoms with Gasteiger partial charge in [-0.15, -0.1) is 10.2 Å². The van der Waals surface area contributed by atoms with Crippen LogP contribution in [0.4, 0.5) is 0 Å². The van der Waals surface area contributed by atoms with E-state index in [1.165, 1.54) is 0 Å². The van der Waals surface area contributed by atoms with Gasteiger partial charge in [-0.3, -0.25) is 0 Å². The van der Waals surface area contributed by atoms with E-state index in [-0.39, 0.29) is 0 Å². The number of aryl methyl sites for hydroxylation is 1. The molecule has 5 nitrogen and oxygen atoms in total. The molecule has 0 aliphatic carbocycles. The average molecular weight is 270 g/mol. The van der Waals surface area contributed by atoms with Crippen molar-refractivity contribution in [3.05, 3.63) is 5.82 Å². The van der Waals surface area contributed by atoms with E-state index in [1.54, 1.807) is 11.8 Å². The highest BCUT2D eigenvalue weighted by atomic mass is 32.2. The SMILES string of the molecule is CCCNC1CCOCC1Sc1nnc(C)n1C. The lowest BCUT2D eigenvalue weighted by Gasteiger charge is -2.31. The highest BCUT2D eigenvalue weighted by molar-refractivity contribution is 7.99. The van der Waals surface area contributed by atoms with Gasteiger partial charge >= 0.3 is 0 Å². The summed E-state index contributed by atoms with van der Waals surface area (Å²) in [4.78, 5) is 0. The molecule has 2 rings (SSSR count). The maximum Gasteiger partial charge on any atom is 0.191 e. The Labute approximate surface area is 113 Å². The summed E-state index contributed by atoms with van der Waals surface area (Å²) < 4.78 is 7.63. The molecule has 0 bridgehead atoms. The van der Waals surface area contributed by atoms with Gasteiger partial charge in [-0.2, -0.15) is 0 Å². The Balaban J connectivity index is 1.98. The molecule has 0 saturated carbocycles. The molecule has 1 aliphatic heterocycles. The van der Waals surface area contributed by atoms with Gasteiger partial charge in [-0.05, 0) is 26.3 Å². The molecule has 0 radical (unpaired) electrons. The first kappa shape index (κ1) is 13.8. The van der Waals surface area contributed by atoms with Crippen LogP contribution < -0.4 is 5.32 Å². The van der Waals surface area contributed by atoms with E-state index in [9.17, 15) is 0 Å². The van der Waals surface area contributed by atoms with Crippen molar-refractivity contribution in [3.8, 4) is 0 Å². The minimum absolute atomic E-state index is 0.424. The molecule has 2 heterocycles. The number of nitrogens with zero attached hydrogens (tertiary/aromatic N) is 3. The van der Waals surface area contributed by atoms with Crippen LogP contribution in [0.25, 0.3) is 0 Å². The zero-order valence-electron chi connectivity index (χ0n) is 11.3. The summed E-state index contributed by atoms with van der Waals surface area (Å²) >= 11 is 1.77. The number of aromatic nitrogens is 3. The maximum absolute atomic E-state index is 5.59. The Kier molecular flexibility index (Phi) is 5.03. The summed E-state index contributed by atoms with van der Waals surface area (Å²) in [7, 11) is 2.01. The molecule has 2 unspecified atom stereocenters. The van der Waals surface area contributed by atoms with Crippen LogP contribution in [0.2, 0.25) is 0 Å². The standard InChI is InChI=1S/C12H22N4OS/c1-4-6-13-10-5-7-17-8-11(10)18-12-15-14-9(2)16(12)3/h10-11,13H,4-8H2,1-3H3. The lowest BCUT2D eigenvalue weighted by molar-refractivity contribution is 0.0832. The van der Waals surface area contributed by atoms with Gasteiger partial charge in [0, 0.05) is 19.7 Å². The summed E-state index contributed by atoms with van der Waals surface area (Å²) in [5.41, 5.74) is 0. The first-order valence-corrected chi connectivity index (χ1v) is 7.44. The van der Waals surface area contributed by atoms with E-state index in [2.05, 4.69) is 22.4 Å². The van der Waals surface area contributed by atoms with Crippen LogP contribution in [0, 0.1) is 6.92 Å². The Bertz CT molecular complexity index is 382. The third-order valence-corrected chi connectivity index (χ3v) is 4.60. The zero-order chi connectivity index (χ0) is 13.0. The summed E-state index contributed by atoms with van der Waals surface area (Å²) in [5, 5.41) is 13.3. The molecular formula is C12H22N4OS. The van der Waals surface area contributed by atoms with Gasteiger partial charge in [-0.1, -0.05) is 18.7 Å². The van der Waals surface area contributed by atoms with Crippen molar-refractivity contribution < 1.29 is 4.74 Å². The molecule has 0 aromatic carbocycles. The largest absolute Gasteiger partial charge is 0.380 e. The van der Waals surface area contributed by atoms with E-state index in [4.69, 9.17) is 4.74 Å². The molecule has 2 atom stereocenters. The first-order chi connectivity index (χ1) is 8.72. The third kappa shape index (κ3) is 3.24. The minimum atomic E-state index is 0.424. The van der Waals surface area contributed by atoms with E-state index < -0.39 is 0 Å². The number of hydrogen-bond acceptors (Lipinski definition) is 5. The predicted octanol–water partition coefficient (Wildman–Crippen LogP) is 1.37. The summed E-state index contributed by atoms with van der Waals surface area (Å²) in [5.74, 6) is 0.951. The summed E-state index contributed by atoms with van der Waals surface area (Å²) in [6.07, 6.45) is 2.24. The molecule has 0 amide bonds. The molecule has 1 aromatic rings. The van der Waals surface area contributed by atoms with Crippen molar-refractivity contribution in [1.29, 1.82) is 0 Å².